The zero-order valence-corrected chi connectivity index (χ0v) is 23.2. The number of rotatable bonds is 18. The molecule has 0 unspecified atom stereocenters. The average Bonchev–Trinajstić information content (AvgIpc) is 2.76. The van der Waals surface area contributed by atoms with Crippen molar-refractivity contribution in [2.75, 3.05) is 80.2 Å². The monoisotopic (exact) mass is 470 g/mol. The highest BCUT2D eigenvalue weighted by molar-refractivity contribution is 6.08. The Balaban J connectivity index is 0. The Labute approximate surface area is 186 Å². The highest BCUT2D eigenvalue weighted by atomic mass is 28.1. The fraction of sp³-hybridized carbons (Fsp3) is 0.889. The van der Waals surface area contributed by atoms with Crippen LogP contribution in [0, 0.1) is 0 Å². The number of amides is 2. The van der Waals surface area contributed by atoms with Crippen LogP contribution in [0.3, 0.4) is 0 Å². The second-order valence-electron chi connectivity index (χ2n) is 5.93. The normalized spacial score (nSPS) is 10.2. The molecule has 0 aliphatic heterocycles. The number of ether oxygens (including phenoxy) is 6. The molecule has 0 saturated carbocycles. The number of hydrogen-bond acceptors (Lipinski definition) is 8. The Kier molecular flexibility index (Phi) is 28.7. The van der Waals surface area contributed by atoms with Crippen molar-refractivity contribution < 1.29 is 38.0 Å². The Hall–Kier alpha value is -1.19. The molecule has 0 radical (unpaired) electrons. The third kappa shape index (κ3) is 29.0. The third-order valence-corrected chi connectivity index (χ3v) is 4.77. The molecule has 0 saturated heterocycles. The van der Waals surface area contributed by atoms with E-state index in [1.165, 1.54) is 46.7 Å². The van der Waals surface area contributed by atoms with Gasteiger partial charge < -0.3 is 39.1 Å². The largest absolute Gasteiger partial charge is 0.447 e. The molecule has 10 nitrogen and oxygen atoms in total. The first-order valence-electron chi connectivity index (χ1n) is 10.6. The van der Waals surface area contributed by atoms with Crippen molar-refractivity contribution in [3.63, 3.8) is 0 Å². The van der Waals surface area contributed by atoms with E-state index >= 15 is 0 Å². The van der Waals surface area contributed by atoms with Gasteiger partial charge in [-0.05, 0) is 12.8 Å². The third-order valence-electron chi connectivity index (χ3n) is 3.36. The summed E-state index contributed by atoms with van der Waals surface area (Å²) in [5.41, 5.74) is 0. The SMILES string of the molecule is CNC(=O)OCCOCCOCCC[SiH3].CNC(=O)OCCOCCOCCC[SiH3]. The second-order valence-corrected chi connectivity index (χ2v) is 7.93. The van der Waals surface area contributed by atoms with Crippen LogP contribution in [0.5, 0.6) is 0 Å². The van der Waals surface area contributed by atoms with Crippen LogP contribution in [-0.2, 0) is 28.4 Å². The van der Waals surface area contributed by atoms with Gasteiger partial charge >= 0.3 is 12.2 Å². The van der Waals surface area contributed by atoms with E-state index < -0.39 is 12.2 Å². The van der Waals surface area contributed by atoms with Gasteiger partial charge in [0, 0.05) is 47.8 Å². The maximum atomic E-state index is 10.6. The quantitative estimate of drug-likeness (QED) is 0.196. The van der Waals surface area contributed by atoms with Crippen molar-refractivity contribution in [3.05, 3.63) is 0 Å². The van der Waals surface area contributed by atoms with Gasteiger partial charge in [-0.15, -0.1) is 0 Å². The van der Waals surface area contributed by atoms with E-state index in [1.807, 2.05) is 0 Å². The van der Waals surface area contributed by atoms with E-state index in [9.17, 15) is 9.59 Å². The summed E-state index contributed by atoms with van der Waals surface area (Å²) in [7, 11) is 5.53. The van der Waals surface area contributed by atoms with Gasteiger partial charge in [-0.1, -0.05) is 12.1 Å². The summed E-state index contributed by atoms with van der Waals surface area (Å²) in [6.07, 6.45) is 1.43. The van der Waals surface area contributed by atoms with E-state index in [0.717, 1.165) is 26.1 Å². The molecule has 180 valence electrons. The van der Waals surface area contributed by atoms with Gasteiger partial charge in [0.25, 0.3) is 0 Å². The van der Waals surface area contributed by atoms with Gasteiger partial charge in [-0.3, -0.25) is 0 Å². The molecule has 0 bridgehead atoms. The zero-order valence-electron chi connectivity index (χ0n) is 19.2. The average molecular weight is 471 g/mol. The first-order valence-corrected chi connectivity index (χ1v) is 13.4. The van der Waals surface area contributed by atoms with Crippen LogP contribution in [-0.4, -0.2) is 113 Å². The van der Waals surface area contributed by atoms with Gasteiger partial charge in [-0.25, -0.2) is 9.59 Å². The second kappa shape index (κ2) is 27.8. The van der Waals surface area contributed by atoms with Gasteiger partial charge in [0.1, 0.15) is 13.2 Å². The molecule has 0 aromatic rings. The van der Waals surface area contributed by atoms with Crippen LogP contribution in [0.1, 0.15) is 12.8 Å². The number of hydrogen-bond donors (Lipinski definition) is 2. The molecule has 12 heteroatoms. The van der Waals surface area contributed by atoms with Crippen molar-refractivity contribution in [1.29, 1.82) is 0 Å². The van der Waals surface area contributed by atoms with Gasteiger partial charge in [-0.2, -0.15) is 0 Å². The topological polar surface area (TPSA) is 114 Å². The molecule has 2 amide bonds. The lowest BCUT2D eigenvalue weighted by molar-refractivity contribution is 0.0285. The summed E-state index contributed by atoms with van der Waals surface area (Å²) >= 11 is 0. The lowest BCUT2D eigenvalue weighted by Crippen LogP contribution is -2.21. The molecule has 0 spiro atoms. The number of nitrogens with one attached hydrogen (secondary N) is 2. The lowest BCUT2D eigenvalue weighted by Gasteiger charge is -2.06. The summed E-state index contributed by atoms with van der Waals surface area (Å²) in [5, 5.41) is 4.70. The predicted molar refractivity (Wildman–Crippen MR) is 123 cm³/mol. The fourth-order valence-electron chi connectivity index (χ4n) is 1.67. The van der Waals surface area contributed by atoms with Crippen molar-refractivity contribution in [3.8, 4) is 0 Å². The van der Waals surface area contributed by atoms with Crippen LogP contribution in [0.15, 0.2) is 0 Å². The lowest BCUT2D eigenvalue weighted by atomic mass is 10.5. The van der Waals surface area contributed by atoms with Crippen molar-refractivity contribution in [2.45, 2.75) is 24.9 Å². The van der Waals surface area contributed by atoms with Crippen LogP contribution in [0.25, 0.3) is 0 Å². The molecule has 0 heterocycles. The Morgan fingerprint density at radius 3 is 1.17 bits per heavy atom. The molecule has 0 aliphatic carbocycles. The Morgan fingerprint density at radius 2 is 0.867 bits per heavy atom. The minimum atomic E-state index is -0.429. The molecule has 0 aromatic heterocycles. The van der Waals surface area contributed by atoms with E-state index in [2.05, 4.69) is 10.6 Å². The van der Waals surface area contributed by atoms with Crippen LogP contribution in [0.2, 0.25) is 12.1 Å². The number of alkyl carbamates (subject to hydrolysis) is 2. The smallest absolute Gasteiger partial charge is 0.406 e. The maximum Gasteiger partial charge on any atom is 0.406 e. The fourth-order valence-corrected chi connectivity index (χ4v) is 2.25. The summed E-state index contributed by atoms with van der Waals surface area (Å²) < 4.78 is 30.4. The van der Waals surface area contributed by atoms with E-state index in [0.29, 0.717) is 39.6 Å². The molecular formula is C18H42N2O8Si2. The van der Waals surface area contributed by atoms with Crippen molar-refractivity contribution in [2.24, 2.45) is 0 Å². The van der Waals surface area contributed by atoms with Gasteiger partial charge in [0.2, 0.25) is 0 Å². The van der Waals surface area contributed by atoms with E-state index in [4.69, 9.17) is 28.4 Å². The van der Waals surface area contributed by atoms with Crippen molar-refractivity contribution >= 4 is 32.7 Å². The predicted octanol–water partition coefficient (Wildman–Crippen LogP) is -0.901. The highest BCUT2D eigenvalue weighted by Crippen LogP contribution is 1.88. The molecule has 0 aromatic carbocycles. The van der Waals surface area contributed by atoms with E-state index in [1.54, 1.807) is 0 Å². The zero-order chi connectivity index (χ0) is 22.7. The molecule has 0 atom stereocenters. The van der Waals surface area contributed by atoms with Crippen LogP contribution >= 0.6 is 0 Å². The minimum absolute atomic E-state index is 0.278. The maximum absolute atomic E-state index is 10.6. The molecule has 0 fully saturated rings. The molecule has 2 N–H and O–H groups in total. The molecule has 0 aliphatic rings. The minimum Gasteiger partial charge on any atom is -0.447 e. The number of carbonyl (C=O) groups is 2. The van der Waals surface area contributed by atoms with Gasteiger partial charge in [0.05, 0.1) is 39.6 Å². The Bertz CT molecular complexity index is 348. The van der Waals surface area contributed by atoms with Gasteiger partial charge in [0.15, 0.2) is 0 Å². The molecular weight excluding hydrogens is 428 g/mol. The molecule has 30 heavy (non-hydrogen) atoms. The first-order chi connectivity index (χ1) is 14.6. The van der Waals surface area contributed by atoms with Crippen LogP contribution < -0.4 is 10.6 Å². The highest BCUT2D eigenvalue weighted by Gasteiger charge is 1.97. The summed E-state index contributed by atoms with van der Waals surface area (Å²) in [6, 6.07) is 2.56. The van der Waals surface area contributed by atoms with E-state index in [-0.39, 0.29) is 13.2 Å². The molecule has 0 rings (SSSR count). The van der Waals surface area contributed by atoms with Crippen LogP contribution in [0.4, 0.5) is 9.59 Å². The van der Waals surface area contributed by atoms with Crippen molar-refractivity contribution in [1.82, 2.24) is 10.6 Å². The first kappa shape index (κ1) is 31.0. The Morgan fingerprint density at radius 1 is 0.567 bits per heavy atom. The summed E-state index contributed by atoms with van der Waals surface area (Å²) in [5.74, 6) is 0. The summed E-state index contributed by atoms with van der Waals surface area (Å²) in [6.45, 7) is 5.36. The standard InChI is InChI=1S/2C9H21NO4Si/c2*1-10-9(11)14-7-6-13-5-4-12-3-2-8-15/h2*2-8H2,1,15H3,(H,10,11). The summed E-state index contributed by atoms with van der Waals surface area (Å²) in [4.78, 5) is 21.2. The number of carbonyl (C=O) groups excluding carboxylic acids is 2.